The zero-order chi connectivity index (χ0) is 13.1. The molecule has 4 nitrogen and oxygen atoms in total. The summed E-state index contributed by atoms with van der Waals surface area (Å²) in [5.41, 5.74) is 0.202. The highest BCUT2D eigenvalue weighted by Crippen LogP contribution is 2.27. The lowest BCUT2D eigenvalue weighted by atomic mass is 10.3. The monoisotopic (exact) mass is 286 g/mol. The van der Waals surface area contributed by atoms with Crippen molar-refractivity contribution in [2.75, 3.05) is 12.4 Å². The summed E-state index contributed by atoms with van der Waals surface area (Å²) in [6.45, 7) is 0. The van der Waals surface area contributed by atoms with Crippen molar-refractivity contribution in [2.45, 2.75) is 0 Å². The first-order valence-corrected chi connectivity index (χ1v) is 6.06. The summed E-state index contributed by atoms with van der Waals surface area (Å²) in [6.07, 6.45) is 1.36. The number of aromatic nitrogens is 1. The normalized spacial score (nSPS) is 10.2. The van der Waals surface area contributed by atoms with Crippen LogP contribution in [0.5, 0.6) is 0 Å². The Kier molecular flexibility index (Phi) is 3.78. The molecule has 0 radical (unpaired) electrons. The maximum atomic E-state index is 13.6. The maximum absolute atomic E-state index is 13.6. The molecule has 0 amide bonds. The van der Waals surface area contributed by atoms with E-state index in [4.69, 9.17) is 11.6 Å². The van der Waals surface area contributed by atoms with E-state index in [2.05, 4.69) is 15.0 Å². The first-order valence-electron chi connectivity index (χ1n) is 4.87. The third kappa shape index (κ3) is 2.60. The molecular formula is C11H8ClFN2O2S. The van der Waals surface area contributed by atoms with Crippen LogP contribution in [-0.4, -0.2) is 18.1 Å². The van der Waals surface area contributed by atoms with Crippen molar-refractivity contribution in [3.8, 4) is 0 Å². The third-order valence-electron chi connectivity index (χ3n) is 2.09. The van der Waals surface area contributed by atoms with Gasteiger partial charge < -0.3 is 10.1 Å². The largest absolute Gasteiger partial charge is 0.465 e. The van der Waals surface area contributed by atoms with Crippen LogP contribution in [0.3, 0.4) is 0 Å². The molecule has 0 saturated heterocycles. The van der Waals surface area contributed by atoms with Crippen molar-refractivity contribution in [1.29, 1.82) is 0 Å². The van der Waals surface area contributed by atoms with Crippen LogP contribution in [0.4, 0.5) is 15.2 Å². The molecule has 94 valence electrons. The molecule has 1 aromatic heterocycles. The number of nitrogens with one attached hydrogen (secondary N) is 1. The van der Waals surface area contributed by atoms with Crippen LogP contribution in [0.15, 0.2) is 24.4 Å². The number of nitrogens with zero attached hydrogens (tertiary/aromatic N) is 1. The molecule has 7 heteroatoms. The summed E-state index contributed by atoms with van der Waals surface area (Å²) >= 11 is 6.72. The predicted molar refractivity (Wildman–Crippen MR) is 68.1 cm³/mol. The number of anilines is 2. The van der Waals surface area contributed by atoms with E-state index in [0.717, 1.165) is 11.3 Å². The topological polar surface area (TPSA) is 51.2 Å². The van der Waals surface area contributed by atoms with Gasteiger partial charge in [0.15, 0.2) is 10.9 Å². The lowest BCUT2D eigenvalue weighted by Crippen LogP contribution is -1.96. The molecule has 0 aliphatic carbocycles. The summed E-state index contributed by atoms with van der Waals surface area (Å²) in [7, 11) is 1.28. The zero-order valence-electron chi connectivity index (χ0n) is 9.24. The number of thiazole rings is 1. The number of halogens is 2. The molecule has 1 N–H and O–H groups in total. The standard InChI is InChI=1S/C11H8ClFN2O2S/c1-17-10(16)8-5-14-11(18-8)15-7-4-2-3-6(12)9(7)13/h2-5H,1H3,(H,14,15). The molecule has 0 aliphatic rings. The molecule has 2 rings (SSSR count). The van der Waals surface area contributed by atoms with Crippen molar-refractivity contribution < 1.29 is 13.9 Å². The average Bonchev–Trinajstić information content (AvgIpc) is 2.82. The van der Waals surface area contributed by atoms with E-state index in [1.54, 1.807) is 6.07 Å². The van der Waals surface area contributed by atoms with Gasteiger partial charge in [-0.05, 0) is 12.1 Å². The Hall–Kier alpha value is -1.66. The minimum atomic E-state index is -0.561. The van der Waals surface area contributed by atoms with Gasteiger partial charge in [0.05, 0.1) is 24.0 Å². The van der Waals surface area contributed by atoms with Crippen LogP contribution in [-0.2, 0) is 4.74 Å². The number of hydrogen-bond donors (Lipinski definition) is 1. The number of carbonyl (C=O) groups is 1. The van der Waals surface area contributed by atoms with Crippen molar-refractivity contribution in [3.05, 3.63) is 40.1 Å². The summed E-state index contributed by atoms with van der Waals surface area (Å²) < 4.78 is 18.2. The van der Waals surface area contributed by atoms with Gasteiger partial charge in [0, 0.05) is 0 Å². The molecule has 0 spiro atoms. The van der Waals surface area contributed by atoms with Gasteiger partial charge in [-0.15, -0.1) is 0 Å². The number of esters is 1. The van der Waals surface area contributed by atoms with E-state index in [0.29, 0.717) is 10.0 Å². The van der Waals surface area contributed by atoms with Gasteiger partial charge in [-0.1, -0.05) is 29.0 Å². The predicted octanol–water partition coefficient (Wildman–Crippen LogP) is 3.47. The highest BCUT2D eigenvalue weighted by Gasteiger charge is 2.12. The maximum Gasteiger partial charge on any atom is 0.349 e. The number of methoxy groups -OCH3 is 1. The Balaban J connectivity index is 2.21. The first kappa shape index (κ1) is 12.8. The first-order chi connectivity index (χ1) is 8.61. The Labute approximate surface area is 111 Å². The van der Waals surface area contributed by atoms with Crippen LogP contribution in [0.2, 0.25) is 5.02 Å². The van der Waals surface area contributed by atoms with Crippen LogP contribution >= 0.6 is 22.9 Å². The molecule has 0 bridgehead atoms. The van der Waals surface area contributed by atoms with E-state index in [1.807, 2.05) is 0 Å². The second-order valence-corrected chi connectivity index (χ2v) is 4.69. The molecule has 0 aliphatic heterocycles. The van der Waals surface area contributed by atoms with Gasteiger partial charge in [0.25, 0.3) is 0 Å². The number of rotatable bonds is 3. The molecule has 0 unspecified atom stereocenters. The number of carbonyl (C=O) groups excluding carboxylic acids is 1. The van der Waals surface area contributed by atoms with Gasteiger partial charge in [0.2, 0.25) is 0 Å². The van der Waals surface area contributed by atoms with Crippen molar-refractivity contribution in [2.24, 2.45) is 0 Å². The summed E-state index contributed by atoms with van der Waals surface area (Å²) in [5, 5.41) is 3.16. The highest BCUT2D eigenvalue weighted by molar-refractivity contribution is 7.17. The van der Waals surface area contributed by atoms with E-state index >= 15 is 0 Å². The van der Waals surface area contributed by atoms with Crippen molar-refractivity contribution in [3.63, 3.8) is 0 Å². The molecular weight excluding hydrogens is 279 g/mol. The smallest absolute Gasteiger partial charge is 0.349 e. The fourth-order valence-electron chi connectivity index (χ4n) is 1.24. The minimum absolute atomic E-state index is 0.0183. The highest BCUT2D eigenvalue weighted by atomic mass is 35.5. The molecule has 18 heavy (non-hydrogen) atoms. The summed E-state index contributed by atoms with van der Waals surface area (Å²) in [4.78, 5) is 15.5. The van der Waals surface area contributed by atoms with E-state index in [1.165, 1.54) is 25.4 Å². The average molecular weight is 287 g/mol. The lowest BCUT2D eigenvalue weighted by Gasteiger charge is -2.04. The second kappa shape index (κ2) is 5.32. The molecule has 0 saturated carbocycles. The van der Waals surface area contributed by atoms with Crippen LogP contribution in [0, 0.1) is 5.82 Å². The zero-order valence-corrected chi connectivity index (χ0v) is 10.8. The quantitative estimate of drug-likeness (QED) is 0.878. The van der Waals surface area contributed by atoms with Gasteiger partial charge in [-0.25, -0.2) is 14.2 Å². The van der Waals surface area contributed by atoms with Crippen LogP contribution in [0.1, 0.15) is 9.67 Å². The third-order valence-corrected chi connectivity index (χ3v) is 3.27. The Morgan fingerprint density at radius 1 is 1.56 bits per heavy atom. The molecule has 0 atom stereocenters. The SMILES string of the molecule is COC(=O)c1cnc(Nc2cccc(Cl)c2F)s1. The molecule has 1 heterocycles. The van der Waals surface area contributed by atoms with Crippen molar-refractivity contribution in [1.82, 2.24) is 4.98 Å². The summed E-state index contributed by atoms with van der Waals surface area (Å²) in [6, 6.07) is 4.59. The number of hydrogen-bond acceptors (Lipinski definition) is 5. The van der Waals surface area contributed by atoms with Crippen LogP contribution < -0.4 is 5.32 Å². The molecule has 2 aromatic rings. The van der Waals surface area contributed by atoms with E-state index in [9.17, 15) is 9.18 Å². The summed E-state index contributed by atoms with van der Waals surface area (Å²) in [5.74, 6) is -1.04. The van der Waals surface area contributed by atoms with Crippen LogP contribution in [0.25, 0.3) is 0 Å². The second-order valence-electron chi connectivity index (χ2n) is 3.25. The number of benzene rings is 1. The van der Waals surface area contributed by atoms with Gasteiger partial charge in [0.1, 0.15) is 4.88 Å². The Bertz CT molecular complexity index is 588. The van der Waals surface area contributed by atoms with E-state index < -0.39 is 11.8 Å². The Morgan fingerprint density at radius 3 is 3.06 bits per heavy atom. The van der Waals surface area contributed by atoms with Gasteiger partial charge in [-0.2, -0.15) is 0 Å². The number of ether oxygens (including phenoxy) is 1. The Morgan fingerprint density at radius 2 is 2.33 bits per heavy atom. The van der Waals surface area contributed by atoms with E-state index in [-0.39, 0.29) is 10.7 Å². The van der Waals surface area contributed by atoms with Gasteiger partial charge in [-0.3, -0.25) is 0 Å². The fraction of sp³-hybridized carbons (Fsp3) is 0.0909. The lowest BCUT2D eigenvalue weighted by molar-refractivity contribution is 0.0606. The van der Waals surface area contributed by atoms with Gasteiger partial charge >= 0.3 is 5.97 Å². The minimum Gasteiger partial charge on any atom is -0.465 e. The fourth-order valence-corrected chi connectivity index (χ4v) is 2.16. The molecule has 1 aromatic carbocycles. The molecule has 0 fully saturated rings. The van der Waals surface area contributed by atoms with Crippen molar-refractivity contribution >= 4 is 39.7 Å².